The number of unbranched alkanes of at least 4 members (excludes halogenated alkanes) is 1. The number of hydrogen-bond acceptors (Lipinski definition) is 7. The molecule has 1 fully saturated rings. The quantitative estimate of drug-likeness (QED) is 0.246. The highest BCUT2D eigenvalue weighted by Crippen LogP contribution is 2.38. The molecule has 0 aliphatic carbocycles. The van der Waals surface area contributed by atoms with Gasteiger partial charge in [0, 0.05) is 6.42 Å². The molecule has 1 heterocycles. The van der Waals surface area contributed by atoms with Crippen LogP contribution in [-0.2, 0) is 28.4 Å². The Kier molecular flexibility index (Phi) is 8.93. The van der Waals surface area contributed by atoms with Gasteiger partial charge in [-0.2, -0.15) is 0 Å². The van der Waals surface area contributed by atoms with Gasteiger partial charge < -0.3 is 28.9 Å². The van der Waals surface area contributed by atoms with E-state index >= 15 is 0 Å². The Bertz CT molecular complexity index is 599. The fourth-order valence-electron chi connectivity index (χ4n) is 3.18. The van der Waals surface area contributed by atoms with Crippen LogP contribution >= 0.6 is 0 Å². The molecule has 1 rings (SSSR count). The molecule has 0 saturated carbocycles. The van der Waals surface area contributed by atoms with E-state index in [-0.39, 0.29) is 26.6 Å². The third-order valence-corrected chi connectivity index (χ3v) is 5.43. The zero-order valence-corrected chi connectivity index (χ0v) is 19.8. The van der Waals surface area contributed by atoms with Crippen molar-refractivity contribution < 1.29 is 33.2 Å². The van der Waals surface area contributed by atoms with Crippen molar-refractivity contribution in [3.05, 3.63) is 0 Å². The Hall–Kier alpha value is -1.61. The monoisotopic (exact) mass is 427 g/mol. The molecule has 1 unspecified atom stereocenters. The Morgan fingerprint density at radius 2 is 1.63 bits per heavy atom. The predicted octanol–water partition coefficient (Wildman–Crippen LogP) is 3.66. The number of rotatable bonds is 10. The Balaban J connectivity index is 2.79. The summed E-state index contributed by atoms with van der Waals surface area (Å²) in [5, 5.41) is 2.60. The summed E-state index contributed by atoms with van der Waals surface area (Å²) < 4.78 is 22.4. The Morgan fingerprint density at radius 3 is 2.10 bits per heavy atom. The van der Waals surface area contributed by atoms with Gasteiger partial charge in [-0.15, -0.1) is 0 Å². The summed E-state index contributed by atoms with van der Waals surface area (Å²) in [4.78, 5) is 36.4. The molecule has 0 aromatic heterocycles. The van der Waals surface area contributed by atoms with Crippen LogP contribution in [-0.4, -0.2) is 54.4 Å². The SMILES string of the molecule is CCOC(=O)C(CC=O)(CCCCB1OC(C)(C)C(C)(C)O1)NC(=O)OC(C)(C)C. The first-order valence-corrected chi connectivity index (χ1v) is 10.7. The highest BCUT2D eigenvalue weighted by molar-refractivity contribution is 6.45. The van der Waals surface area contributed by atoms with Crippen LogP contribution in [0.3, 0.4) is 0 Å². The molecule has 0 spiro atoms. The lowest BCUT2D eigenvalue weighted by atomic mass is 9.80. The Labute approximate surface area is 180 Å². The van der Waals surface area contributed by atoms with E-state index < -0.39 is 34.4 Å². The summed E-state index contributed by atoms with van der Waals surface area (Å²) in [5.74, 6) is -0.640. The number of esters is 1. The zero-order chi connectivity index (χ0) is 23.2. The van der Waals surface area contributed by atoms with Crippen molar-refractivity contribution in [2.24, 2.45) is 0 Å². The normalized spacial score (nSPS) is 19.7. The molecule has 1 aliphatic rings. The molecule has 0 aromatic rings. The van der Waals surface area contributed by atoms with Crippen molar-refractivity contribution in [3.8, 4) is 0 Å². The lowest BCUT2D eigenvalue weighted by Gasteiger charge is -2.32. The van der Waals surface area contributed by atoms with E-state index in [9.17, 15) is 14.4 Å². The maximum atomic E-state index is 12.7. The maximum absolute atomic E-state index is 12.7. The molecule has 1 amide bonds. The molecule has 1 atom stereocenters. The van der Waals surface area contributed by atoms with Crippen LogP contribution < -0.4 is 5.32 Å². The average Bonchev–Trinajstić information content (AvgIpc) is 2.77. The fraction of sp³-hybridized carbons (Fsp3) is 0.857. The van der Waals surface area contributed by atoms with Gasteiger partial charge >= 0.3 is 19.2 Å². The van der Waals surface area contributed by atoms with Crippen LogP contribution in [0.5, 0.6) is 0 Å². The van der Waals surface area contributed by atoms with E-state index in [1.54, 1.807) is 27.7 Å². The summed E-state index contributed by atoms with van der Waals surface area (Å²) in [5.41, 5.74) is -3.00. The lowest BCUT2D eigenvalue weighted by molar-refractivity contribution is -0.152. The number of ether oxygens (including phenoxy) is 2. The highest BCUT2D eigenvalue weighted by Gasteiger charge is 2.50. The van der Waals surface area contributed by atoms with E-state index in [0.717, 1.165) is 0 Å². The van der Waals surface area contributed by atoms with Crippen LogP contribution in [0.4, 0.5) is 4.79 Å². The summed E-state index contributed by atoms with van der Waals surface area (Å²) >= 11 is 0. The number of carbonyl (C=O) groups excluding carboxylic acids is 3. The second kappa shape index (κ2) is 10.1. The molecular weight excluding hydrogens is 389 g/mol. The van der Waals surface area contributed by atoms with Crippen LogP contribution in [0.1, 0.15) is 81.1 Å². The number of amides is 1. The smallest absolute Gasteiger partial charge is 0.457 e. The molecule has 1 aliphatic heterocycles. The summed E-state index contributed by atoms with van der Waals surface area (Å²) in [7, 11) is -0.336. The highest BCUT2D eigenvalue weighted by atomic mass is 16.7. The van der Waals surface area contributed by atoms with Crippen molar-refractivity contribution in [1.82, 2.24) is 5.32 Å². The van der Waals surface area contributed by atoms with Crippen molar-refractivity contribution in [3.63, 3.8) is 0 Å². The molecule has 8 nitrogen and oxygen atoms in total. The zero-order valence-electron chi connectivity index (χ0n) is 19.8. The van der Waals surface area contributed by atoms with Gasteiger partial charge in [0.15, 0.2) is 0 Å². The average molecular weight is 427 g/mol. The number of carbonyl (C=O) groups is 3. The van der Waals surface area contributed by atoms with Gasteiger partial charge in [0.25, 0.3) is 0 Å². The van der Waals surface area contributed by atoms with Crippen LogP contribution in [0.25, 0.3) is 0 Å². The third-order valence-electron chi connectivity index (χ3n) is 5.43. The van der Waals surface area contributed by atoms with Crippen LogP contribution in [0.15, 0.2) is 0 Å². The van der Waals surface area contributed by atoms with Crippen molar-refractivity contribution in [1.29, 1.82) is 0 Å². The number of aldehydes is 1. The van der Waals surface area contributed by atoms with Gasteiger partial charge in [0.2, 0.25) is 0 Å². The second-order valence-corrected chi connectivity index (χ2v) is 9.73. The molecule has 172 valence electrons. The fourth-order valence-corrected chi connectivity index (χ4v) is 3.18. The first kappa shape index (κ1) is 26.4. The molecule has 9 heteroatoms. The maximum Gasteiger partial charge on any atom is 0.457 e. The molecule has 0 bridgehead atoms. The topological polar surface area (TPSA) is 100 Å². The lowest BCUT2D eigenvalue weighted by Crippen LogP contribution is -2.56. The van der Waals surface area contributed by atoms with E-state index in [1.807, 2.05) is 27.7 Å². The van der Waals surface area contributed by atoms with Gasteiger partial charge in [-0.25, -0.2) is 9.59 Å². The number of nitrogens with one attached hydrogen (secondary N) is 1. The third kappa shape index (κ3) is 7.27. The minimum atomic E-state index is -1.46. The van der Waals surface area contributed by atoms with Gasteiger partial charge in [-0.1, -0.05) is 12.8 Å². The Morgan fingerprint density at radius 1 is 1.07 bits per heavy atom. The molecular formula is C21H38BNO7. The minimum absolute atomic E-state index is 0.142. The summed E-state index contributed by atoms with van der Waals surface area (Å²) in [6, 6.07) is 0. The standard InChI is InChI=1S/C21H38BNO7/c1-9-27-16(25)21(13-15-24,23-17(26)28-18(2,3)4)12-10-11-14-22-29-19(5,6)20(7,8)30-22/h15H,9-14H2,1-8H3,(H,23,26). The molecule has 1 saturated heterocycles. The number of hydrogen-bond donors (Lipinski definition) is 1. The van der Waals surface area contributed by atoms with Crippen LogP contribution in [0.2, 0.25) is 6.32 Å². The first-order chi connectivity index (χ1) is 13.7. The minimum Gasteiger partial charge on any atom is -0.464 e. The van der Waals surface area contributed by atoms with Gasteiger partial charge in [0.05, 0.1) is 17.8 Å². The number of alkyl carbamates (subject to hydrolysis) is 1. The van der Waals surface area contributed by atoms with E-state index in [0.29, 0.717) is 25.4 Å². The van der Waals surface area contributed by atoms with Gasteiger partial charge in [-0.3, -0.25) is 0 Å². The first-order valence-electron chi connectivity index (χ1n) is 10.7. The van der Waals surface area contributed by atoms with Gasteiger partial charge in [-0.05, 0) is 68.1 Å². The summed E-state index contributed by atoms with van der Waals surface area (Å²) in [6.07, 6.45) is 1.79. The van der Waals surface area contributed by atoms with Crippen molar-refractivity contribution in [2.45, 2.75) is 110 Å². The van der Waals surface area contributed by atoms with Crippen molar-refractivity contribution >= 4 is 25.5 Å². The van der Waals surface area contributed by atoms with E-state index in [1.165, 1.54) is 0 Å². The van der Waals surface area contributed by atoms with Crippen LogP contribution in [0, 0.1) is 0 Å². The summed E-state index contributed by atoms with van der Waals surface area (Å²) in [6.45, 7) is 15.0. The molecule has 0 aromatic carbocycles. The van der Waals surface area contributed by atoms with E-state index in [4.69, 9.17) is 18.8 Å². The molecule has 0 radical (unpaired) electrons. The van der Waals surface area contributed by atoms with E-state index in [2.05, 4.69) is 5.32 Å². The van der Waals surface area contributed by atoms with Gasteiger partial charge in [0.1, 0.15) is 17.4 Å². The molecule has 1 N–H and O–H groups in total. The predicted molar refractivity (Wildman–Crippen MR) is 114 cm³/mol. The second-order valence-electron chi connectivity index (χ2n) is 9.73. The van der Waals surface area contributed by atoms with Crippen molar-refractivity contribution in [2.75, 3.05) is 6.61 Å². The largest absolute Gasteiger partial charge is 0.464 e. The molecule has 30 heavy (non-hydrogen) atoms.